The molecule has 0 aromatic carbocycles. The van der Waals surface area contributed by atoms with Crippen molar-refractivity contribution in [3.63, 3.8) is 0 Å². The summed E-state index contributed by atoms with van der Waals surface area (Å²) >= 11 is 0. The van der Waals surface area contributed by atoms with Crippen LogP contribution in [-0.2, 0) is 0 Å². The summed E-state index contributed by atoms with van der Waals surface area (Å²) in [4.78, 5) is 1.47. The van der Waals surface area contributed by atoms with E-state index in [9.17, 15) is 13.2 Å². The van der Waals surface area contributed by atoms with Crippen LogP contribution in [0.25, 0.3) is 0 Å². The molecule has 1 aliphatic rings. The van der Waals surface area contributed by atoms with E-state index in [2.05, 4.69) is 6.07 Å². The van der Waals surface area contributed by atoms with Crippen LogP contribution in [-0.4, -0.2) is 30.2 Å². The van der Waals surface area contributed by atoms with Crippen molar-refractivity contribution in [3.8, 4) is 6.07 Å². The van der Waals surface area contributed by atoms with Gasteiger partial charge in [0.25, 0.3) is 0 Å². The summed E-state index contributed by atoms with van der Waals surface area (Å²) < 4.78 is 37.8. The molecule has 104 valence electrons. The molecule has 1 aliphatic carbocycles. The topological polar surface area (TPSA) is 27.0 Å². The zero-order valence-electron chi connectivity index (χ0n) is 10.8. The van der Waals surface area contributed by atoms with Crippen LogP contribution in [0.15, 0.2) is 0 Å². The van der Waals surface area contributed by atoms with E-state index >= 15 is 0 Å². The Balaban J connectivity index is 2.77. The highest BCUT2D eigenvalue weighted by Crippen LogP contribution is 2.29. The van der Waals surface area contributed by atoms with Gasteiger partial charge in [-0.2, -0.15) is 18.4 Å². The Labute approximate surface area is 107 Å². The van der Waals surface area contributed by atoms with Gasteiger partial charge < -0.3 is 0 Å². The maximum atomic E-state index is 12.6. The molecule has 0 amide bonds. The standard InChI is InChI=1S/C13H21F3N2/c1-2-8-18(10-13(14,15)16)12-7-5-3-4-6-11(12)9-17/h11-12H,2-8,10H2,1H3. The fourth-order valence-electron chi connectivity index (χ4n) is 2.76. The van der Waals surface area contributed by atoms with Crippen molar-refractivity contribution < 1.29 is 13.2 Å². The monoisotopic (exact) mass is 262 g/mol. The highest BCUT2D eigenvalue weighted by atomic mass is 19.4. The molecule has 2 unspecified atom stereocenters. The second-order valence-corrected chi connectivity index (χ2v) is 5.03. The van der Waals surface area contributed by atoms with Crippen LogP contribution in [0.1, 0.15) is 45.4 Å². The van der Waals surface area contributed by atoms with Crippen LogP contribution < -0.4 is 0 Å². The predicted molar refractivity (Wildman–Crippen MR) is 63.9 cm³/mol. The number of hydrogen-bond acceptors (Lipinski definition) is 2. The molecule has 0 saturated heterocycles. The van der Waals surface area contributed by atoms with Crippen molar-refractivity contribution in [3.05, 3.63) is 0 Å². The summed E-state index contributed by atoms with van der Waals surface area (Å²) in [6.45, 7) is 1.41. The van der Waals surface area contributed by atoms with E-state index in [0.717, 1.165) is 25.7 Å². The normalized spacial score (nSPS) is 25.8. The van der Waals surface area contributed by atoms with Crippen LogP contribution >= 0.6 is 0 Å². The third kappa shape index (κ3) is 4.85. The highest BCUT2D eigenvalue weighted by Gasteiger charge is 2.36. The van der Waals surface area contributed by atoms with Crippen LogP contribution in [0.5, 0.6) is 0 Å². The smallest absolute Gasteiger partial charge is 0.291 e. The van der Waals surface area contributed by atoms with E-state index in [1.165, 1.54) is 4.90 Å². The molecule has 0 N–H and O–H groups in total. The van der Waals surface area contributed by atoms with Gasteiger partial charge in [0.2, 0.25) is 0 Å². The Kier molecular flexibility index (Phi) is 5.94. The molecule has 0 heterocycles. The molecule has 1 fully saturated rings. The maximum Gasteiger partial charge on any atom is 0.401 e. The van der Waals surface area contributed by atoms with E-state index in [4.69, 9.17) is 5.26 Å². The molecule has 1 rings (SSSR count). The highest BCUT2D eigenvalue weighted by molar-refractivity contribution is 4.95. The minimum Gasteiger partial charge on any atom is -0.291 e. The first-order valence-corrected chi connectivity index (χ1v) is 6.68. The largest absolute Gasteiger partial charge is 0.401 e. The van der Waals surface area contributed by atoms with Gasteiger partial charge in [0.15, 0.2) is 0 Å². The number of hydrogen-bond donors (Lipinski definition) is 0. The SMILES string of the molecule is CCCN(CC(F)(F)F)C1CCCCCC1C#N. The van der Waals surface area contributed by atoms with E-state index in [1.54, 1.807) is 0 Å². The van der Waals surface area contributed by atoms with Crippen molar-refractivity contribution in [2.75, 3.05) is 13.1 Å². The van der Waals surface area contributed by atoms with Gasteiger partial charge in [-0.25, -0.2) is 0 Å². The third-order valence-corrected chi connectivity index (χ3v) is 3.51. The number of nitriles is 1. The third-order valence-electron chi connectivity index (χ3n) is 3.51. The quantitative estimate of drug-likeness (QED) is 0.722. The molecule has 1 saturated carbocycles. The van der Waals surface area contributed by atoms with Crippen LogP contribution in [0.3, 0.4) is 0 Å². The Bertz CT molecular complexity index is 283. The average Bonchev–Trinajstić information content (AvgIpc) is 2.51. The lowest BCUT2D eigenvalue weighted by atomic mass is 9.94. The molecule has 5 heteroatoms. The Morgan fingerprint density at radius 1 is 1.22 bits per heavy atom. The van der Waals surface area contributed by atoms with Crippen molar-refractivity contribution >= 4 is 0 Å². The molecular formula is C13H21F3N2. The molecular weight excluding hydrogens is 241 g/mol. The van der Waals surface area contributed by atoms with Crippen molar-refractivity contribution in [1.29, 1.82) is 5.26 Å². The Morgan fingerprint density at radius 3 is 2.44 bits per heavy atom. The maximum absolute atomic E-state index is 12.6. The lowest BCUT2D eigenvalue weighted by molar-refractivity contribution is -0.152. The molecule has 2 nitrogen and oxygen atoms in total. The van der Waals surface area contributed by atoms with Crippen LogP contribution in [0.2, 0.25) is 0 Å². The Morgan fingerprint density at radius 2 is 1.89 bits per heavy atom. The fraction of sp³-hybridized carbons (Fsp3) is 0.923. The lowest BCUT2D eigenvalue weighted by Crippen LogP contribution is -2.45. The molecule has 0 radical (unpaired) electrons. The van der Waals surface area contributed by atoms with E-state index in [0.29, 0.717) is 19.4 Å². The van der Waals surface area contributed by atoms with Crippen molar-refractivity contribution in [1.82, 2.24) is 4.90 Å². The summed E-state index contributed by atoms with van der Waals surface area (Å²) in [5.74, 6) is -0.249. The first kappa shape index (κ1) is 15.3. The lowest BCUT2D eigenvalue weighted by Gasteiger charge is -2.33. The van der Waals surface area contributed by atoms with Crippen molar-refractivity contribution in [2.45, 2.75) is 57.7 Å². The van der Waals surface area contributed by atoms with Gasteiger partial charge in [-0.3, -0.25) is 4.90 Å². The number of rotatable bonds is 4. The predicted octanol–water partition coefficient (Wildman–Crippen LogP) is 3.73. The molecule has 0 spiro atoms. The minimum absolute atomic E-state index is 0.223. The van der Waals surface area contributed by atoms with Gasteiger partial charge in [-0.1, -0.05) is 26.2 Å². The van der Waals surface area contributed by atoms with E-state index < -0.39 is 12.7 Å². The molecule has 2 atom stereocenters. The summed E-state index contributed by atoms with van der Waals surface area (Å²) in [7, 11) is 0. The molecule has 0 bridgehead atoms. The number of nitrogens with zero attached hydrogens (tertiary/aromatic N) is 2. The fourth-order valence-corrected chi connectivity index (χ4v) is 2.76. The zero-order valence-corrected chi connectivity index (χ0v) is 10.8. The number of halogens is 3. The molecule has 0 aliphatic heterocycles. The Hall–Kier alpha value is -0.760. The summed E-state index contributed by atoms with van der Waals surface area (Å²) in [6.07, 6.45) is 0.877. The van der Waals surface area contributed by atoms with Gasteiger partial charge in [-0.05, 0) is 25.8 Å². The number of alkyl halides is 3. The second kappa shape index (κ2) is 6.98. The summed E-state index contributed by atoms with van der Waals surface area (Å²) in [6, 6.07) is 1.99. The summed E-state index contributed by atoms with van der Waals surface area (Å²) in [5.41, 5.74) is 0. The molecule has 0 aromatic heterocycles. The van der Waals surface area contributed by atoms with E-state index in [-0.39, 0.29) is 12.0 Å². The van der Waals surface area contributed by atoms with E-state index in [1.807, 2.05) is 6.92 Å². The van der Waals surface area contributed by atoms with Crippen LogP contribution in [0, 0.1) is 17.2 Å². The average molecular weight is 262 g/mol. The molecule has 0 aromatic rings. The van der Waals surface area contributed by atoms with Gasteiger partial charge in [-0.15, -0.1) is 0 Å². The van der Waals surface area contributed by atoms with Gasteiger partial charge in [0.05, 0.1) is 18.5 Å². The van der Waals surface area contributed by atoms with Gasteiger partial charge in [0.1, 0.15) is 0 Å². The van der Waals surface area contributed by atoms with Gasteiger partial charge in [0, 0.05) is 6.04 Å². The summed E-state index contributed by atoms with van der Waals surface area (Å²) in [5, 5.41) is 9.14. The van der Waals surface area contributed by atoms with Crippen molar-refractivity contribution in [2.24, 2.45) is 5.92 Å². The first-order valence-electron chi connectivity index (χ1n) is 6.68. The first-order chi connectivity index (χ1) is 8.48. The molecule has 18 heavy (non-hydrogen) atoms. The minimum atomic E-state index is -4.18. The van der Waals surface area contributed by atoms with Gasteiger partial charge >= 0.3 is 6.18 Å². The van der Waals surface area contributed by atoms with Crippen LogP contribution in [0.4, 0.5) is 13.2 Å². The zero-order chi connectivity index (χ0) is 13.6. The second-order valence-electron chi connectivity index (χ2n) is 5.03.